The molecule has 0 aliphatic carbocycles. The Hall–Kier alpha value is -2.82. The molecule has 0 aromatic heterocycles. The number of amides is 1. The van der Waals surface area contributed by atoms with Crippen molar-refractivity contribution in [1.29, 1.82) is 0 Å². The van der Waals surface area contributed by atoms with Crippen LogP contribution in [0.5, 0.6) is 5.75 Å². The first kappa shape index (κ1) is 17.5. The Kier molecular flexibility index (Phi) is 6.37. The van der Waals surface area contributed by atoms with E-state index in [1.54, 1.807) is 31.2 Å². The molecular weight excluding hydrogens is 306 g/mol. The highest BCUT2D eigenvalue weighted by molar-refractivity contribution is 5.98. The quantitative estimate of drug-likeness (QED) is 0.794. The number of nitrogens with one attached hydrogen (secondary N) is 1. The van der Waals surface area contributed by atoms with Crippen molar-refractivity contribution < 1.29 is 19.1 Å². The van der Waals surface area contributed by atoms with Gasteiger partial charge >= 0.3 is 5.97 Å². The number of para-hydroxylation sites is 1. The van der Waals surface area contributed by atoms with Crippen LogP contribution in [0.15, 0.2) is 54.6 Å². The number of hydrogen-bond donors (Lipinski definition) is 1. The molecular formula is C19H21NO4. The smallest absolute Gasteiger partial charge is 0.326 e. The average molecular weight is 327 g/mol. The molecule has 0 unspecified atom stereocenters. The Morgan fingerprint density at radius 1 is 1.04 bits per heavy atom. The van der Waals surface area contributed by atoms with Crippen LogP contribution in [-0.2, 0) is 9.53 Å². The fraction of sp³-hybridized carbons (Fsp3) is 0.263. The van der Waals surface area contributed by atoms with Crippen LogP contribution >= 0.6 is 0 Å². The molecule has 24 heavy (non-hydrogen) atoms. The molecule has 126 valence electrons. The van der Waals surface area contributed by atoms with E-state index >= 15 is 0 Å². The van der Waals surface area contributed by atoms with Crippen LogP contribution in [0.25, 0.3) is 0 Å². The van der Waals surface area contributed by atoms with Crippen molar-refractivity contribution in [3.05, 3.63) is 65.7 Å². The molecule has 0 aliphatic heterocycles. The minimum absolute atomic E-state index is 0.198. The molecule has 0 heterocycles. The van der Waals surface area contributed by atoms with Crippen molar-refractivity contribution >= 4 is 11.9 Å². The maximum atomic E-state index is 12.2. The monoisotopic (exact) mass is 327 g/mol. The summed E-state index contributed by atoms with van der Waals surface area (Å²) in [6, 6.07) is 16.3. The first-order valence-electron chi connectivity index (χ1n) is 7.86. The third-order valence-corrected chi connectivity index (χ3v) is 3.40. The minimum Gasteiger partial charge on any atom is -0.493 e. The molecule has 0 bridgehead atoms. The standard InChI is InChI=1S/C19H21NO4/c1-3-23-17-12-8-7-11-16(17)19(22)20-13-18(21)24-14(2)15-9-5-4-6-10-15/h4-12,14H,3,13H2,1-2H3,(H,20,22)/t14-/m0/s1. The lowest BCUT2D eigenvalue weighted by atomic mass is 10.1. The highest BCUT2D eigenvalue weighted by Gasteiger charge is 2.15. The normalized spacial score (nSPS) is 11.4. The number of carbonyl (C=O) groups is 2. The predicted octanol–water partition coefficient (Wildman–Crippen LogP) is 3.12. The molecule has 0 saturated carbocycles. The van der Waals surface area contributed by atoms with E-state index in [-0.39, 0.29) is 18.6 Å². The van der Waals surface area contributed by atoms with Gasteiger partial charge in [-0.05, 0) is 31.5 Å². The van der Waals surface area contributed by atoms with Gasteiger partial charge in [-0.1, -0.05) is 42.5 Å². The summed E-state index contributed by atoms with van der Waals surface area (Å²) in [5.74, 6) is -0.375. The molecule has 2 aromatic carbocycles. The van der Waals surface area contributed by atoms with Gasteiger partial charge in [-0.3, -0.25) is 9.59 Å². The second kappa shape index (κ2) is 8.72. The van der Waals surface area contributed by atoms with Crippen LogP contribution in [0.3, 0.4) is 0 Å². The van der Waals surface area contributed by atoms with Crippen molar-refractivity contribution in [1.82, 2.24) is 5.32 Å². The summed E-state index contributed by atoms with van der Waals surface area (Å²) in [5, 5.41) is 2.56. The van der Waals surface area contributed by atoms with Gasteiger partial charge in [-0.25, -0.2) is 0 Å². The van der Waals surface area contributed by atoms with E-state index in [1.807, 2.05) is 37.3 Å². The second-order valence-electron chi connectivity index (χ2n) is 5.15. The number of carbonyl (C=O) groups excluding carboxylic acids is 2. The highest BCUT2D eigenvalue weighted by Crippen LogP contribution is 2.18. The summed E-state index contributed by atoms with van der Waals surface area (Å²) in [7, 11) is 0. The van der Waals surface area contributed by atoms with Gasteiger partial charge < -0.3 is 14.8 Å². The zero-order chi connectivity index (χ0) is 17.4. The van der Waals surface area contributed by atoms with Gasteiger partial charge in [0.25, 0.3) is 5.91 Å². The first-order chi connectivity index (χ1) is 11.6. The zero-order valence-electron chi connectivity index (χ0n) is 13.8. The highest BCUT2D eigenvalue weighted by atomic mass is 16.5. The van der Waals surface area contributed by atoms with Gasteiger partial charge in [0.1, 0.15) is 18.4 Å². The number of benzene rings is 2. The van der Waals surface area contributed by atoms with Crippen LogP contribution in [0.4, 0.5) is 0 Å². The van der Waals surface area contributed by atoms with Gasteiger partial charge in [-0.15, -0.1) is 0 Å². The SMILES string of the molecule is CCOc1ccccc1C(=O)NCC(=O)O[C@@H](C)c1ccccc1. The van der Waals surface area contributed by atoms with E-state index in [0.717, 1.165) is 5.56 Å². The van der Waals surface area contributed by atoms with Crippen LogP contribution in [0.2, 0.25) is 0 Å². The van der Waals surface area contributed by atoms with Crippen LogP contribution in [-0.4, -0.2) is 25.0 Å². The van der Waals surface area contributed by atoms with Gasteiger partial charge in [0.05, 0.1) is 12.2 Å². The van der Waals surface area contributed by atoms with E-state index in [9.17, 15) is 9.59 Å². The fourth-order valence-corrected chi connectivity index (χ4v) is 2.21. The van der Waals surface area contributed by atoms with Crippen molar-refractivity contribution in [2.45, 2.75) is 20.0 Å². The minimum atomic E-state index is -0.492. The molecule has 5 heteroatoms. The molecule has 2 rings (SSSR count). The van der Waals surface area contributed by atoms with Gasteiger partial charge in [0, 0.05) is 0 Å². The molecule has 0 fully saturated rings. The summed E-state index contributed by atoms with van der Waals surface area (Å²) in [6.45, 7) is 3.90. The maximum absolute atomic E-state index is 12.2. The van der Waals surface area contributed by atoms with Gasteiger partial charge in [-0.2, -0.15) is 0 Å². The molecule has 0 saturated heterocycles. The van der Waals surface area contributed by atoms with E-state index in [0.29, 0.717) is 17.9 Å². The Balaban J connectivity index is 1.89. The van der Waals surface area contributed by atoms with E-state index in [2.05, 4.69) is 5.32 Å². The molecule has 0 aliphatic rings. The van der Waals surface area contributed by atoms with Crippen molar-refractivity contribution in [2.75, 3.05) is 13.2 Å². The summed E-state index contributed by atoms with van der Waals surface area (Å²) in [6.07, 6.45) is -0.369. The summed E-state index contributed by atoms with van der Waals surface area (Å²) in [5.41, 5.74) is 1.29. The van der Waals surface area contributed by atoms with Crippen LogP contribution < -0.4 is 10.1 Å². The number of esters is 1. The predicted molar refractivity (Wildman–Crippen MR) is 90.9 cm³/mol. The van der Waals surface area contributed by atoms with Crippen molar-refractivity contribution in [3.8, 4) is 5.75 Å². The van der Waals surface area contributed by atoms with E-state index in [1.165, 1.54) is 0 Å². The summed E-state index contributed by atoms with van der Waals surface area (Å²) in [4.78, 5) is 24.1. The third-order valence-electron chi connectivity index (χ3n) is 3.40. The molecule has 1 amide bonds. The molecule has 5 nitrogen and oxygen atoms in total. The second-order valence-corrected chi connectivity index (χ2v) is 5.15. The lowest BCUT2D eigenvalue weighted by Gasteiger charge is -2.14. The number of ether oxygens (including phenoxy) is 2. The summed E-state index contributed by atoms with van der Waals surface area (Å²) >= 11 is 0. The molecule has 0 spiro atoms. The largest absolute Gasteiger partial charge is 0.493 e. The number of rotatable bonds is 7. The Morgan fingerprint density at radius 2 is 1.71 bits per heavy atom. The molecule has 1 atom stereocenters. The maximum Gasteiger partial charge on any atom is 0.326 e. The van der Waals surface area contributed by atoms with Crippen molar-refractivity contribution in [3.63, 3.8) is 0 Å². The molecule has 0 radical (unpaired) electrons. The average Bonchev–Trinajstić information content (AvgIpc) is 2.61. The Labute approximate surface area is 141 Å². The Bertz CT molecular complexity index is 685. The van der Waals surface area contributed by atoms with Crippen molar-refractivity contribution in [2.24, 2.45) is 0 Å². The van der Waals surface area contributed by atoms with Crippen LogP contribution in [0.1, 0.15) is 35.9 Å². The first-order valence-corrected chi connectivity index (χ1v) is 7.86. The third kappa shape index (κ3) is 4.84. The van der Waals surface area contributed by atoms with E-state index in [4.69, 9.17) is 9.47 Å². The lowest BCUT2D eigenvalue weighted by Crippen LogP contribution is -2.31. The van der Waals surface area contributed by atoms with Crippen LogP contribution in [0, 0.1) is 0 Å². The van der Waals surface area contributed by atoms with Gasteiger partial charge in [0.15, 0.2) is 0 Å². The summed E-state index contributed by atoms with van der Waals surface area (Å²) < 4.78 is 10.7. The van der Waals surface area contributed by atoms with E-state index < -0.39 is 5.97 Å². The number of hydrogen-bond acceptors (Lipinski definition) is 4. The lowest BCUT2D eigenvalue weighted by molar-refractivity contribution is -0.147. The topological polar surface area (TPSA) is 64.6 Å². The Morgan fingerprint density at radius 3 is 2.42 bits per heavy atom. The van der Waals surface area contributed by atoms with Gasteiger partial charge in [0.2, 0.25) is 0 Å². The fourth-order valence-electron chi connectivity index (χ4n) is 2.21. The molecule has 2 aromatic rings. The molecule has 1 N–H and O–H groups in total. The zero-order valence-corrected chi connectivity index (χ0v) is 13.8.